The van der Waals surface area contributed by atoms with Crippen LogP contribution in [0.4, 0.5) is 0 Å². The van der Waals surface area contributed by atoms with E-state index in [0.29, 0.717) is 19.0 Å². The van der Waals surface area contributed by atoms with Gasteiger partial charge in [0.05, 0.1) is 0 Å². The van der Waals surface area contributed by atoms with Gasteiger partial charge in [0.2, 0.25) is 11.8 Å². The molecule has 1 N–H and O–H groups in total. The summed E-state index contributed by atoms with van der Waals surface area (Å²) in [4.78, 5) is 27.9. The van der Waals surface area contributed by atoms with Gasteiger partial charge in [0.15, 0.2) is 0 Å². The molecule has 0 bridgehead atoms. The van der Waals surface area contributed by atoms with Crippen LogP contribution in [0.15, 0.2) is 0 Å². The number of piperazine rings is 2. The highest BCUT2D eigenvalue weighted by Gasteiger charge is 2.41. The van der Waals surface area contributed by atoms with Crippen LogP contribution in [0.2, 0.25) is 0 Å². The number of hydrogen-bond acceptors (Lipinski definition) is 3. The lowest BCUT2D eigenvalue weighted by atomic mass is 10.0. The Bertz CT molecular complexity index is 343. The van der Waals surface area contributed by atoms with Gasteiger partial charge in [-0.25, -0.2) is 0 Å². The van der Waals surface area contributed by atoms with Gasteiger partial charge in [-0.3, -0.25) is 14.5 Å². The highest BCUT2D eigenvalue weighted by atomic mass is 16.2. The van der Waals surface area contributed by atoms with E-state index in [1.165, 1.54) is 0 Å². The monoisotopic (exact) mass is 253 g/mol. The van der Waals surface area contributed by atoms with E-state index < -0.39 is 0 Å². The number of nitrogens with zero attached hydrogens (tertiary/aromatic N) is 2. The summed E-state index contributed by atoms with van der Waals surface area (Å²) in [5, 5.41) is 2.76. The average molecular weight is 253 g/mol. The van der Waals surface area contributed by atoms with Crippen LogP contribution >= 0.6 is 0 Å². The summed E-state index contributed by atoms with van der Waals surface area (Å²) in [6, 6.07) is -0.648. The molecule has 0 spiro atoms. The Morgan fingerprint density at radius 3 is 2.72 bits per heavy atom. The van der Waals surface area contributed by atoms with Crippen LogP contribution in [-0.2, 0) is 9.59 Å². The molecule has 2 amide bonds. The lowest BCUT2D eigenvalue weighted by molar-refractivity contribution is -0.152. The number of carbonyl (C=O) groups is 2. The Balaban J connectivity index is 1.96. The first-order valence-corrected chi connectivity index (χ1v) is 6.82. The third kappa shape index (κ3) is 2.66. The Hall–Kier alpha value is -1.10. The van der Waals surface area contributed by atoms with E-state index in [4.69, 9.17) is 0 Å². The summed E-state index contributed by atoms with van der Waals surface area (Å²) in [5.74, 6) is 0.726. The van der Waals surface area contributed by atoms with Crippen LogP contribution in [0.3, 0.4) is 0 Å². The Kier molecular flexibility index (Phi) is 3.90. The molecule has 2 fully saturated rings. The van der Waals surface area contributed by atoms with E-state index in [2.05, 4.69) is 24.1 Å². The van der Waals surface area contributed by atoms with Gasteiger partial charge in [0.25, 0.3) is 0 Å². The minimum atomic E-state index is -0.365. The van der Waals surface area contributed by atoms with Crippen molar-refractivity contribution in [2.24, 2.45) is 5.92 Å². The first kappa shape index (κ1) is 13.3. The van der Waals surface area contributed by atoms with Crippen LogP contribution in [0.25, 0.3) is 0 Å². The van der Waals surface area contributed by atoms with E-state index in [-0.39, 0.29) is 23.9 Å². The number of hydrogen-bond donors (Lipinski definition) is 1. The van der Waals surface area contributed by atoms with Crippen LogP contribution < -0.4 is 5.32 Å². The zero-order valence-corrected chi connectivity index (χ0v) is 11.5. The summed E-state index contributed by atoms with van der Waals surface area (Å²) >= 11 is 0. The topological polar surface area (TPSA) is 52.6 Å². The highest BCUT2D eigenvalue weighted by Crippen LogP contribution is 2.16. The quantitative estimate of drug-likeness (QED) is 0.774. The molecule has 2 aliphatic rings. The van der Waals surface area contributed by atoms with Crippen molar-refractivity contribution < 1.29 is 9.59 Å². The first-order valence-electron chi connectivity index (χ1n) is 6.82. The van der Waals surface area contributed by atoms with Crippen molar-refractivity contribution in [1.29, 1.82) is 0 Å². The summed E-state index contributed by atoms with van der Waals surface area (Å²) < 4.78 is 0. The molecule has 0 aromatic rings. The molecular formula is C13H23N3O2. The van der Waals surface area contributed by atoms with Crippen molar-refractivity contribution in [1.82, 2.24) is 15.1 Å². The third-order valence-corrected chi connectivity index (χ3v) is 3.80. The molecule has 0 saturated carbocycles. The molecule has 0 aromatic heterocycles. The van der Waals surface area contributed by atoms with Gasteiger partial charge in [0, 0.05) is 19.6 Å². The van der Waals surface area contributed by atoms with E-state index in [1.54, 1.807) is 11.8 Å². The SMILES string of the molecule is CC(C)CCN1CCN2C(=O)[C@H](C)NC(=O)[C@H]2C1. The van der Waals surface area contributed by atoms with Crippen LogP contribution in [0.1, 0.15) is 27.2 Å². The fourth-order valence-corrected chi connectivity index (χ4v) is 2.59. The summed E-state index contributed by atoms with van der Waals surface area (Å²) in [6.45, 7) is 9.41. The Labute approximate surface area is 108 Å². The normalized spacial score (nSPS) is 29.4. The van der Waals surface area contributed by atoms with Crippen molar-refractivity contribution in [3.05, 3.63) is 0 Å². The van der Waals surface area contributed by atoms with Gasteiger partial charge in [-0.15, -0.1) is 0 Å². The van der Waals surface area contributed by atoms with Crippen LogP contribution in [-0.4, -0.2) is 59.9 Å². The van der Waals surface area contributed by atoms with E-state index >= 15 is 0 Å². The van der Waals surface area contributed by atoms with Gasteiger partial charge in [-0.1, -0.05) is 13.8 Å². The fraction of sp³-hybridized carbons (Fsp3) is 0.846. The number of carbonyl (C=O) groups excluding carboxylic acids is 2. The molecule has 0 aromatic carbocycles. The van der Waals surface area contributed by atoms with Crippen molar-refractivity contribution in [2.45, 2.75) is 39.3 Å². The Morgan fingerprint density at radius 1 is 1.33 bits per heavy atom. The maximum atomic E-state index is 12.0. The molecule has 2 saturated heterocycles. The molecule has 2 aliphatic heterocycles. The molecular weight excluding hydrogens is 230 g/mol. The van der Waals surface area contributed by atoms with Gasteiger partial charge in [0.1, 0.15) is 12.1 Å². The van der Waals surface area contributed by atoms with Crippen LogP contribution in [0, 0.1) is 5.92 Å². The minimum Gasteiger partial charge on any atom is -0.343 e. The van der Waals surface area contributed by atoms with Gasteiger partial charge in [-0.05, 0) is 25.8 Å². The van der Waals surface area contributed by atoms with Gasteiger partial charge in [-0.2, -0.15) is 0 Å². The minimum absolute atomic E-state index is 0.00338. The summed E-state index contributed by atoms with van der Waals surface area (Å²) in [6.07, 6.45) is 1.14. The van der Waals surface area contributed by atoms with Crippen LogP contribution in [0.5, 0.6) is 0 Å². The molecule has 18 heavy (non-hydrogen) atoms. The maximum Gasteiger partial charge on any atom is 0.245 e. The second-order valence-corrected chi connectivity index (χ2v) is 5.76. The second-order valence-electron chi connectivity index (χ2n) is 5.76. The predicted octanol–water partition coefficient (Wildman–Crippen LogP) is 0.0636. The number of nitrogens with one attached hydrogen (secondary N) is 1. The number of fused-ring (bicyclic) bond motifs is 1. The largest absolute Gasteiger partial charge is 0.343 e. The molecule has 5 heteroatoms. The molecule has 0 radical (unpaired) electrons. The number of amides is 2. The molecule has 2 heterocycles. The standard InChI is InChI=1S/C13H23N3O2/c1-9(2)4-5-15-6-7-16-11(8-15)12(17)14-10(3)13(16)18/h9-11H,4-8H2,1-3H3,(H,14,17)/t10-,11+/m0/s1. The van der Waals surface area contributed by atoms with Crippen molar-refractivity contribution in [2.75, 3.05) is 26.2 Å². The fourth-order valence-electron chi connectivity index (χ4n) is 2.59. The molecule has 0 unspecified atom stereocenters. The molecule has 2 atom stereocenters. The first-order chi connectivity index (χ1) is 8.49. The second kappa shape index (κ2) is 5.26. The summed E-state index contributed by atoms with van der Waals surface area (Å²) in [5.41, 5.74) is 0. The lowest BCUT2D eigenvalue weighted by Gasteiger charge is -2.44. The number of rotatable bonds is 3. The predicted molar refractivity (Wildman–Crippen MR) is 69.0 cm³/mol. The zero-order valence-electron chi connectivity index (χ0n) is 11.5. The lowest BCUT2D eigenvalue weighted by Crippen LogP contribution is -2.68. The third-order valence-electron chi connectivity index (χ3n) is 3.80. The maximum absolute atomic E-state index is 12.0. The summed E-state index contributed by atoms with van der Waals surface area (Å²) in [7, 11) is 0. The molecule has 102 valence electrons. The molecule has 5 nitrogen and oxygen atoms in total. The van der Waals surface area contributed by atoms with Gasteiger partial charge < -0.3 is 10.2 Å². The smallest absolute Gasteiger partial charge is 0.245 e. The van der Waals surface area contributed by atoms with Crippen molar-refractivity contribution >= 4 is 11.8 Å². The highest BCUT2D eigenvalue weighted by molar-refractivity contribution is 5.97. The Morgan fingerprint density at radius 2 is 2.06 bits per heavy atom. The van der Waals surface area contributed by atoms with E-state index in [9.17, 15) is 9.59 Å². The zero-order chi connectivity index (χ0) is 13.3. The van der Waals surface area contributed by atoms with Crippen molar-refractivity contribution in [3.63, 3.8) is 0 Å². The van der Waals surface area contributed by atoms with Gasteiger partial charge >= 0.3 is 0 Å². The molecule has 2 rings (SSSR count). The van der Waals surface area contributed by atoms with E-state index in [1.807, 2.05) is 0 Å². The van der Waals surface area contributed by atoms with Crippen molar-refractivity contribution in [3.8, 4) is 0 Å². The average Bonchev–Trinajstić information content (AvgIpc) is 2.33. The molecule has 0 aliphatic carbocycles. The van der Waals surface area contributed by atoms with E-state index in [0.717, 1.165) is 19.5 Å².